The number of rotatable bonds is 6. The molecule has 6 aliphatic rings. The van der Waals surface area contributed by atoms with E-state index in [0.717, 1.165) is 53.0 Å². The molecular weight excluding hydrogens is 729 g/mol. The summed E-state index contributed by atoms with van der Waals surface area (Å²) in [5, 5.41) is 9.93. The van der Waals surface area contributed by atoms with Crippen molar-refractivity contribution in [2.75, 3.05) is 31.1 Å². The summed E-state index contributed by atoms with van der Waals surface area (Å²) >= 11 is 1.78. The standard InChI is InChI=1S/C39H46N6O7S2/c46-35-33-22-26(52-42-34-30-13-8-6-11-28(30)29-12-7-9-14-31(29)34)24-45(33)36(47)32(40-38(49)44-18-20-53-21-19-44)15-5-3-1-2-4-10-25-23-39(25,41-35)37(48)43-54(50,51)27-16-17-27/h4,6-14,25-27,32-33H,1-3,5,15-24H2,(H,40,49)(H,41,46)(H,43,48)/b10-4-/t25?,26-,32+,33+,39?/m1/s1. The van der Waals surface area contributed by atoms with Gasteiger partial charge in [0.1, 0.15) is 29.4 Å². The lowest BCUT2D eigenvalue weighted by Crippen LogP contribution is -2.59. The smallest absolute Gasteiger partial charge is 0.318 e. The number of benzene rings is 2. The number of nitrogens with one attached hydrogen (secondary N) is 3. The van der Waals surface area contributed by atoms with Gasteiger partial charge in [0, 0.05) is 48.1 Å². The Morgan fingerprint density at radius 2 is 1.61 bits per heavy atom. The molecular formula is C39H46N6O7S2. The van der Waals surface area contributed by atoms with Crippen molar-refractivity contribution in [3.63, 3.8) is 0 Å². The van der Waals surface area contributed by atoms with Gasteiger partial charge in [-0.05, 0) is 49.7 Å². The summed E-state index contributed by atoms with van der Waals surface area (Å²) in [6, 6.07) is 13.6. The third-order valence-electron chi connectivity index (χ3n) is 11.4. The van der Waals surface area contributed by atoms with Gasteiger partial charge in [-0.1, -0.05) is 78.7 Å². The number of nitrogens with zero attached hydrogens (tertiary/aromatic N) is 3. The average Bonchev–Trinajstić information content (AvgIpc) is 4.09. The number of amides is 5. The first kappa shape index (κ1) is 36.6. The zero-order chi connectivity index (χ0) is 37.5. The second-order valence-electron chi connectivity index (χ2n) is 15.1. The first-order valence-electron chi connectivity index (χ1n) is 19.1. The molecule has 2 saturated carbocycles. The van der Waals surface area contributed by atoms with Crippen molar-refractivity contribution in [2.24, 2.45) is 11.1 Å². The third kappa shape index (κ3) is 7.36. The van der Waals surface area contributed by atoms with Crippen LogP contribution in [0.25, 0.3) is 11.1 Å². The number of carbonyl (C=O) groups is 4. The Labute approximate surface area is 319 Å². The van der Waals surface area contributed by atoms with E-state index in [0.29, 0.717) is 44.5 Å². The highest BCUT2D eigenvalue weighted by Crippen LogP contribution is 2.46. The molecule has 8 rings (SSSR count). The van der Waals surface area contributed by atoms with E-state index in [-0.39, 0.29) is 25.4 Å². The second kappa shape index (κ2) is 15.0. The molecule has 2 saturated heterocycles. The van der Waals surface area contributed by atoms with Crippen molar-refractivity contribution in [3.8, 4) is 11.1 Å². The van der Waals surface area contributed by atoms with Crippen LogP contribution in [0.15, 0.2) is 65.8 Å². The Morgan fingerprint density at radius 1 is 0.926 bits per heavy atom. The number of urea groups is 1. The highest BCUT2D eigenvalue weighted by Gasteiger charge is 2.62. The van der Waals surface area contributed by atoms with Crippen LogP contribution >= 0.6 is 11.8 Å². The Kier molecular flexibility index (Phi) is 10.2. The van der Waals surface area contributed by atoms with Gasteiger partial charge in [-0.2, -0.15) is 11.8 Å². The van der Waals surface area contributed by atoms with Crippen molar-refractivity contribution in [3.05, 3.63) is 71.8 Å². The lowest BCUT2D eigenvalue weighted by Gasteiger charge is -2.32. The molecule has 3 aliphatic heterocycles. The maximum Gasteiger partial charge on any atom is 0.318 e. The van der Waals surface area contributed by atoms with Gasteiger partial charge in [0.05, 0.1) is 11.8 Å². The van der Waals surface area contributed by atoms with E-state index in [1.165, 1.54) is 4.90 Å². The predicted molar refractivity (Wildman–Crippen MR) is 205 cm³/mol. The van der Waals surface area contributed by atoms with Crippen LogP contribution in [0.5, 0.6) is 0 Å². The van der Waals surface area contributed by atoms with Crippen LogP contribution in [0.1, 0.15) is 68.9 Å². The summed E-state index contributed by atoms with van der Waals surface area (Å²) in [7, 11) is -3.87. The number of carbonyl (C=O) groups excluding carboxylic acids is 4. The SMILES string of the molecule is O=C1NC2(C(=O)NS(=O)(=O)C3CC3)CC2/C=C\CCCCC[C@H](NC(=O)N2CCSCC2)C(=O)N2C[C@H](ON=C3c4ccccc4-c4ccccc43)C[C@@H]12. The van der Waals surface area contributed by atoms with E-state index in [2.05, 4.69) is 20.5 Å². The predicted octanol–water partition coefficient (Wildman–Crippen LogP) is 3.54. The van der Waals surface area contributed by atoms with Gasteiger partial charge < -0.3 is 25.3 Å². The molecule has 0 spiro atoms. The summed E-state index contributed by atoms with van der Waals surface area (Å²) in [5.41, 5.74) is 3.10. The number of sulfonamides is 1. The van der Waals surface area contributed by atoms with Crippen LogP contribution in [-0.4, -0.2) is 108 Å². The second-order valence-corrected chi connectivity index (χ2v) is 18.3. The van der Waals surface area contributed by atoms with Gasteiger partial charge in [-0.25, -0.2) is 13.2 Å². The van der Waals surface area contributed by atoms with Crippen molar-refractivity contribution in [1.29, 1.82) is 0 Å². The van der Waals surface area contributed by atoms with E-state index in [1.807, 2.05) is 60.7 Å². The van der Waals surface area contributed by atoms with E-state index in [1.54, 1.807) is 16.7 Å². The quantitative estimate of drug-likeness (QED) is 0.253. The topological polar surface area (TPSA) is 167 Å². The van der Waals surface area contributed by atoms with Gasteiger partial charge in [-0.15, -0.1) is 0 Å². The number of allylic oxidation sites excluding steroid dienone is 1. The lowest BCUT2D eigenvalue weighted by molar-refractivity contribution is -0.141. The Bertz CT molecular complexity index is 1950. The van der Waals surface area contributed by atoms with E-state index in [4.69, 9.17) is 4.84 Å². The molecule has 2 unspecified atom stereocenters. The number of hydrogen-bond acceptors (Lipinski definition) is 9. The van der Waals surface area contributed by atoms with Crippen LogP contribution in [0.4, 0.5) is 4.79 Å². The zero-order valence-corrected chi connectivity index (χ0v) is 31.7. The fourth-order valence-electron chi connectivity index (χ4n) is 8.06. The number of oxime groups is 1. The van der Waals surface area contributed by atoms with Crippen LogP contribution in [0.3, 0.4) is 0 Å². The first-order chi connectivity index (χ1) is 26.1. The molecule has 3 N–H and O–H groups in total. The number of hydrogen-bond donors (Lipinski definition) is 3. The van der Waals surface area contributed by atoms with Crippen molar-refractivity contribution in [1.82, 2.24) is 25.2 Å². The maximum atomic E-state index is 14.6. The van der Waals surface area contributed by atoms with Crippen LogP contribution in [0, 0.1) is 5.92 Å². The molecule has 5 atom stereocenters. The summed E-state index contributed by atoms with van der Waals surface area (Å²) in [4.78, 5) is 65.5. The molecule has 0 bridgehead atoms. The lowest BCUT2D eigenvalue weighted by atomic mass is 10.0. The molecule has 5 amide bonds. The Hall–Kier alpha value is -4.37. The average molecular weight is 775 g/mol. The largest absolute Gasteiger partial charge is 0.390 e. The highest BCUT2D eigenvalue weighted by atomic mass is 32.2. The molecule has 0 radical (unpaired) electrons. The summed E-state index contributed by atoms with van der Waals surface area (Å²) in [5.74, 6) is -0.505. The number of thioether (sulfide) groups is 1. The summed E-state index contributed by atoms with van der Waals surface area (Å²) < 4.78 is 27.9. The minimum Gasteiger partial charge on any atom is -0.390 e. The van der Waals surface area contributed by atoms with Gasteiger partial charge in [0.15, 0.2) is 0 Å². The molecule has 286 valence electrons. The molecule has 15 heteroatoms. The molecule has 54 heavy (non-hydrogen) atoms. The fourth-order valence-corrected chi connectivity index (χ4v) is 10.3. The van der Waals surface area contributed by atoms with Gasteiger partial charge in [0.2, 0.25) is 21.8 Å². The molecule has 3 heterocycles. The van der Waals surface area contributed by atoms with Gasteiger partial charge >= 0.3 is 6.03 Å². The minimum atomic E-state index is -3.87. The number of fused-ring (bicyclic) bond motifs is 5. The maximum absolute atomic E-state index is 14.6. The van der Waals surface area contributed by atoms with Gasteiger partial charge in [-0.3, -0.25) is 19.1 Å². The Morgan fingerprint density at radius 3 is 2.30 bits per heavy atom. The first-order valence-corrected chi connectivity index (χ1v) is 21.8. The van der Waals surface area contributed by atoms with Crippen LogP contribution in [0.2, 0.25) is 0 Å². The summed E-state index contributed by atoms with van der Waals surface area (Å²) in [6.45, 7) is 1.20. The summed E-state index contributed by atoms with van der Waals surface area (Å²) in [6.07, 6.45) is 7.94. The third-order valence-corrected chi connectivity index (χ3v) is 14.1. The molecule has 3 aliphatic carbocycles. The van der Waals surface area contributed by atoms with Crippen molar-refractivity contribution < 1.29 is 32.4 Å². The monoisotopic (exact) mass is 774 g/mol. The molecule has 4 fully saturated rings. The van der Waals surface area contributed by atoms with Crippen LogP contribution in [-0.2, 0) is 29.2 Å². The molecule has 0 aromatic heterocycles. The molecule has 2 aromatic carbocycles. The van der Waals surface area contributed by atoms with Gasteiger partial charge in [0.25, 0.3) is 5.91 Å². The van der Waals surface area contributed by atoms with Crippen molar-refractivity contribution in [2.45, 2.75) is 86.8 Å². The van der Waals surface area contributed by atoms with E-state index in [9.17, 15) is 27.6 Å². The van der Waals surface area contributed by atoms with Crippen molar-refractivity contribution >= 4 is 51.2 Å². The normalized spacial score (nSPS) is 28.9. The molecule has 2 aromatic rings. The minimum absolute atomic E-state index is 0.0301. The fraction of sp³-hybridized carbons (Fsp3) is 0.513. The Balaban J connectivity index is 1.08. The highest BCUT2D eigenvalue weighted by molar-refractivity contribution is 7.99. The van der Waals surface area contributed by atoms with Crippen LogP contribution < -0.4 is 15.4 Å². The van der Waals surface area contributed by atoms with E-state index < -0.39 is 62.6 Å². The zero-order valence-electron chi connectivity index (χ0n) is 30.1. The van der Waals surface area contributed by atoms with E-state index >= 15 is 0 Å². The molecule has 13 nitrogen and oxygen atoms in total.